The summed E-state index contributed by atoms with van der Waals surface area (Å²) in [5.74, 6) is -0.199. The van der Waals surface area contributed by atoms with Crippen molar-refractivity contribution in [3.8, 4) is 28.4 Å². The molecule has 0 heterocycles. The van der Waals surface area contributed by atoms with E-state index >= 15 is 0 Å². The molecule has 0 aliphatic rings. The van der Waals surface area contributed by atoms with Crippen LogP contribution in [0.1, 0.15) is 11.1 Å². The summed E-state index contributed by atoms with van der Waals surface area (Å²) in [4.78, 5) is 0. The van der Waals surface area contributed by atoms with Gasteiger partial charge in [0.25, 0.3) is 0 Å². The van der Waals surface area contributed by atoms with E-state index in [4.69, 9.17) is 0 Å². The molecular formula is C14H14O3. The van der Waals surface area contributed by atoms with E-state index in [9.17, 15) is 15.3 Å². The molecule has 2 aromatic rings. The van der Waals surface area contributed by atoms with E-state index in [1.807, 2.05) is 19.9 Å². The molecule has 0 radical (unpaired) electrons. The number of phenolic OH excluding ortho intramolecular Hbond substituents is 3. The first-order chi connectivity index (χ1) is 7.99. The summed E-state index contributed by atoms with van der Waals surface area (Å²) in [5, 5.41) is 28.6. The highest BCUT2D eigenvalue weighted by Crippen LogP contribution is 2.36. The summed E-state index contributed by atoms with van der Waals surface area (Å²) in [6.45, 7) is 3.88. The van der Waals surface area contributed by atoms with Gasteiger partial charge in [-0.25, -0.2) is 0 Å². The third-order valence-electron chi connectivity index (χ3n) is 2.90. The Morgan fingerprint density at radius 1 is 0.706 bits per heavy atom. The number of hydrogen-bond donors (Lipinski definition) is 3. The monoisotopic (exact) mass is 230 g/mol. The number of rotatable bonds is 1. The third-order valence-corrected chi connectivity index (χ3v) is 2.90. The fraction of sp³-hybridized carbons (Fsp3) is 0.143. The summed E-state index contributed by atoms with van der Waals surface area (Å²) in [5.41, 5.74) is 3.38. The van der Waals surface area contributed by atoms with Crippen LogP contribution in [0.15, 0.2) is 30.3 Å². The van der Waals surface area contributed by atoms with Gasteiger partial charge in [0, 0.05) is 5.56 Å². The summed E-state index contributed by atoms with van der Waals surface area (Å²) in [6, 6.07) is 8.03. The molecule has 3 heteroatoms. The fourth-order valence-corrected chi connectivity index (χ4v) is 1.72. The van der Waals surface area contributed by atoms with E-state index in [1.165, 1.54) is 12.1 Å². The minimum absolute atomic E-state index is 0.165. The molecule has 0 saturated carbocycles. The Morgan fingerprint density at radius 2 is 1.35 bits per heavy atom. The third kappa shape index (κ3) is 2.04. The molecule has 3 N–H and O–H groups in total. The molecule has 17 heavy (non-hydrogen) atoms. The molecule has 0 aliphatic heterocycles. The first-order valence-corrected chi connectivity index (χ1v) is 5.31. The SMILES string of the molecule is Cc1cc(O)c(-c2ccc(O)c(O)c2)cc1C. The second-order valence-corrected chi connectivity index (χ2v) is 4.16. The minimum atomic E-state index is -0.194. The molecule has 0 aliphatic carbocycles. The molecule has 88 valence electrons. The van der Waals surface area contributed by atoms with Crippen molar-refractivity contribution in [3.05, 3.63) is 41.5 Å². The first kappa shape index (κ1) is 11.3. The Balaban J connectivity index is 2.60. The van der Waals surface area contributed by atoms with Gasteiger partial charge < -0.3 is 15.3 Å². The summed E-state index contributed by atoms with van der Waals surface area (Å²) in [6.07, 6.45) is 0. The van der Waals surface area contributed by atoms with Crippen molar-refractivity contribution in [2.75, 3.05) is 0 Å². The zero-order valence-electron chi connectivity index (χ0n) is 9.73. The number of benzene rings is 2. The van der Waals surface area contributed by atoms with Gasteiger partial charge in [-0.05, 0) is 54.8 Å². The molecule has 0 aromatic heterocycles. The van der Waals surface area contributed by atoms with Gasteiger partial charge >= 0.3 is 0 Å². The molecular weight excluding hydrogens is 216 g/mol. The lowest BCUT2D eigenvalue weighted by atomic mass is 9.99. The van der Waals surface area contributed by atoms with E-state index in [-0.39, 0.29) is 17.2 Å². The molecule has 0 atom stereocenters. The quantitative estimate of drug-likeness (QED) is 0.660. The Morgan fingerprint density at radius 3 is 2.00 bits per heavy atom. The predicted molar refractivity (Wildman–Crippen MR) is 66.3 cm³/mol. The van der Waals surface area contributed by atoms with E-state index in [1.54, 1.807) is 12.1 Å². The van der Waals surface area contributed by atoms with Crippen LogP contribution in [0.4, 0.5) is 0 Å². The molecule has 0 amide bonds. The van der Waals surface area contributed by atoms with E-state index in [0.29, 0.717) is 11.1 Å². The van der Waals surface area contributed by atoms with Crippen molar-refractivity contribution in [1.82, 2.24) is 0 Å². The van der Waals surface area contributed by atoms with Gasteiger partial charge in [0.05, 0.1) is 0 Å². The number of aromatic hydroxyl groups is 3. The smallest absolute Gasteiger partial charge is 0.158 e. The second kappa shape index (κ2) is 4.01. The van der Waals surface area contributed by atoms with Gasteiger partial charge in [-0.15, -0.1) is 0 Å². The Kier molecular flexibility index (Phi) is 2.68. The van der Waals surface area contributed by atoms with Gasteiger partial charge in [-0.2, -0.15) is 0 Å². The van der Waals surface area contributed by atoms with Crippen LogP contribution in [0.25, 0.3) is 11.1 Å². The Bertz CT molecular complexity index is 574. The maximum atomic E-state index is 9.89. The molecule has 0 bridgehead atoms. The average Bonchev–Trinajstić information content (AvgIpc) is 2.27. The lowest BCUT2D eigenvalue weighted by Gasteiger charge is -2.09. The van der Waals surface area contributed by atoms with Crippen molar-refractivity contribution >= 4 is 0 Å². The van der Waals surface area contributed by atoms with Crippen LogP contribution in [0.2, 0.25) is 0 Å². The molecule has 0 unspecified atom stereocenters. The van der Waals surface area contributed by atoms with Crippen molar-refractivity contribution in [2.45, 2.75) is 13.8 Å². The minimum Gasteiger partial charge on any atom is -0.507 e. The normalized spacial score (nSPS) is 10.5. The van der Waals surface area contributed by atoms with Gasteiger partial charge in [0.15, 0.2) is 11.5 Å². The highest BCUT2D eigenvalue weighted by Gasteiger charge is 2.09. The largest absolute Gasteiger partial charge is 0.507 e. The highest BCUT2D eigenvalue weighted by atomic mass is 16.3. The average molecular weight is 230 g/mol. The molecule has 0 spiro atoms. The summed E-state index contributed by atoms with van der Waals surface area (Å²) < 4.78 is 0. The van der Waals surface area contributed by atoms with E-state index in [2.05, 4.69) is 0 Å². The van der Waals surface area contributed by atoms with Crippen molar-refractivity contribution in [2.24, 2.45) is 0 Å². The van der Waals surface area contributed by atoms with E-state index < -0.39 is 0 Å². The van der Waals surface area contributed by atoms with E-state index in [0.717, 1.165) is 11.1 Å². The lowest BCUT2D eigenvalue weighted by Crippen LogP contribution is -1.85. The van der Waals surface area contributed by atoms with Gasteiger partial charge in [-0.1, -0.05) is 6.07 Å². The maximum absolute atomic E-state index is 9.89. The van der Waals surface area contributed by atoms with Crippen LogP contribution in [-0.4, -0.2) is 15.3 Å². The van der Waals surface area contributed by atoms with Crippen LogP contribution in [0, 0.1) is 13.8 Å². The Hall–Kier alpha value is -2.16. The molecule has 2 rings (SSSR count). The zero-order valence-corrected chi connectivity index (χ0v) is 9.73. The standard InChI is InChI=1S/C14H14O3/c1-8-5-11(13(16)6-9(8)2)10-3-4-12(15)14(17)7-10/h3-7,15-17H,1-2H3. The molecule has 0 fully saturated rings. The molecule has 3 nitrogen and oxygen atoms in total. The van der Waals surface area contributed by atoms with Crippen LogP contribution < -0.4 is 0 Å². The number of aryl methyl sites for hydroxylation is 2. The van der Waals surface area contributed by atoms with Crippen LogP contribution in [0.5, 0.6) is 17.2 Å². The van der Waals surface area contributed by atoms with Crippen molar-refractivity contribution in [1.29, 1.82) is 0 Å². The molecule has 2 aromatic carbocycles. The summed E-state index contributed by atoms with van der Waals surface area (Å²) >= 11 is 0. The van der Waals surface area contributed by atoms with Gasteiger partial charge in [0.1, 0.15) is 5.75 Å². The summed E-state index contributed by atoms with van der Waals surface area (Å²) in [7, 11) is 0. The van der Waals surface area contributed by atoms with Crippen molar-refractivity contribution < 1.29 is 15.3 Å². The second-order valence-electron chi connectivity index (χ2n) is 4.16. The molecule has 0 saturated heterocycles. The topological polar surface area (TPSA) is 60.7 Å². The van der Waals surface area contributed by atoms with Crippen molar-refractivity contribution in [3.63, 3.8) is 0 Å². The zero-order chi connectivity index (χ0) is 12.6. The fourth-order valence-electron chi connectivity index (χ4n) is 1.72. The Labute approximate surface area is 99.6 Å². The van der Waals surface area contributed by atoms with Gasteiger partial charge in [0.2, 0.25) is 0 Å². The maximum Gasteiger partial charge on any atom is 0.158 e. The number of hydrogen-bond acceptors (Lipinski definition) is 3. The van der Waals surface area contributed by atoms with Crippen LogP contribution in [0.3, 0.4) is 0 Å². The first-order valence-electron chi connectivity index (χ1n) is 5.31. The van der Waals surface area contributed by atoms with Crippen LogP contribution >= 0.6 is 0 Å². The lowest BCUT2D eigenvalue weighted by molar-refractivity contribution is 0.404. The van der Waals surface area contributed by atoms with Gasteiger partial charge in [-0.3, -0.25) is 0 Å². The highest BCUT2D eigenvalue weighted by molar-refractivity contribution is 5.73. The number of phenols is 3. The predicted octanol–water partition coefficient (Wildman–Crippen LogP) is 3.09. The van der Waals surface area contributed by atoms with Crippen LogP contribution in [-0.2, 0) is 0 Å².